The molecule has 6 heteroatoms. The smallest absolute Gasteiger partial charge is 0.244 e. The van der Waals surface area contributed by atoms with Crippen LogP contribution in [0.4, 0.5) is 5.69 Å². The van der Waals surface area contributed by atoms with Gasteiger partial charge in [-0.3, -0.25) is 0 Å². The van der Waals surface area contributed by atoms with Gasteiger partial charge in [0.05, 0.1) is 6.61 Å². The Hall–Kier alpha value is -1.27. The summed E-state index contributed by atoms with van der Waals surface area (Å²) in [5.74, 6) is 0.448. The van der Waals surface area contributed by atoms with E-state index in [-0.39, 0.29) is 16.4 Å². The quantitative estimate of drug-likeness (QED) is 0.839. The molecular weight excluding hydrogens is 288 g/mol. The Kier molecular flexibility index (Phi) is 4.22. The molecular formula is C15H24N2O3S. The average Bonchev–Trinajstić information content (AvgIpc) is 2.36. The summed E-state index contributed by atoms with van der Waals surface area (Å²) >= 11 is 0. The van der Waals surface area contributed by atoms with Gasteiger partial charge in [0, 0.05) is 11.7 Å². The third-order valence-electron chi connectivity index (χ3n) is 3.91. The molecule has 1 aliphatic heterocycles. The van der Waals surface area contributed by atoms with Gasteiger partial charge in [-0.15, -0.1) is 0 Å². The van der Waals surface area contributed by atoms with E-state index in [0.29, 0.717) is 18.0 Å². The molecule has 1 atom stereocenters. The van der Waals surface area contributed by atoms with Crippen molar-refractivity contribution in [2.75, 3.05) is 12.3 Å². The lowest BCUT2D eigenvalue weighted by atomic mass is 9.89. The molecule has 3 N–H and O–H groups in total. The fourth-order valence-electron chi connectivity index (χ4n) is 2.14. The van der Waals surface area contributed by atoms with Crippen molar-refractivity contribution in [2.24, 2.45) is 5.41 Å². The summed E-state index contributed by atoms with van der Waals surface area (Å²) in [5, 5.41) is 0. The zero-order valence-corrected chi connectivity index (χ0v) is 13.9. The molecule has 2 rings (SSSR count). The predicted molar refractivity (Wildman–Crippen MR) is 83.9 cm³/mol. The molecule has 1 aromatic carbocycles. The number of nitrogen functional groups attached to an aromatic ring is 1. The normalized spacial score (nSPS) is 17.0. The van der Waals surface area contributed by atoms with Crippen molar-refractivity contribution in [1.29, 1.82) is 0 Å². The highest BCUT2D eigenvalue weighted by molar-refractivity contribution is 7.89. The Morgan fingerprint density at radius 3 is 2.62 bits per heavy atom. The number of ether oxygens (including phenoxy) is 1. The Bertz CT molecular complexity index is 633. The van der Waals surface area contributed by atoms with Gasteiger partial charge in [0.1, 0.15) is 10.6 Å². The number of anilines is 1. The van der Waals surface area contributed by atoms with E-state index in [1.54, 1.807) is 6.07 Å². The molecule has 1 unspecified atom stereocenters. The third kappa shape index (κ3) is 3.49. The molecule has 0 bridgehead atoms. The molecule has 0 saturated heterocycles. The van der Waals surface area contributed by atoms with E-state index in [1.807, 2.05) is 27.7 Å². The van der Waals surface area contributed by atoms with Crippen molar-refractivity contribution >= 4 is 15.7 Å². The molecule has 21 heavy (non-hydrogen) atoms. The van der Waals surface area contributed by atoms with Crippen LogP contribution in [0.25, 0.3) is 0 Å². The van der Waals surface area contributed by atoms with Gasteiger partial charge in [0.2, 0.25) is 10.0 Å². The first-order valence-corrected chi connectivity index (χ1v) is 8.67. The number of nitrogens with one attached hydrogen (secondary N) is 1. The zero-order valence-electron chi connectivity index (χ0n) is 13.1. The second-order valence-electron chi connectivity index (χ2n) is 6.67. The molecule has 0 aromatic heterocycles. The average molecular weight is 312 g/mol. The highest BCUT2D eigenvalue weighted by Gasteiger charge is 2.30. The van der Waals surface area contributed by atoms with Crippen LogP contribution in [0.2, 0.25) is 0 Å². The topological polar surface area (TPSA) is 81.4 Å². The van der Waals surface area contributed by atoms with Crippen molar-refractivity contribution in [2.45, 2.75) is 51.5 Å². The summed E-state index contributed by atoms with van der Waals surface area (Å²) < 4.78 is 33.6. The molecule has 0 aliphatic carbocycles. The number of hydrogen-bond donors (Lipinski definition) is 2. The molecule has 118 valence electrons. The largest absolute Gasteiger partial charge is 0.492 e. The van der Waals surface area contributed by atoms with Crippen LogP contribution in [-0.2, 0) is 16.4 Å². The van der Waals surface area contributed by atoms with E-state index >= 15 is 0 Å². The number of nitrogens with two attached hydrogens (primary N) is 1. The van der Waals surface area contributed by atoms with E-state index in [2.05, 4.69) is 4.72 Å². The zero-order chi connectivity index (χ0) is 15.8. The van der Waals surface area contributed by atoms with Crippen LogP contribution < -0.4 is 15.2 Å². The minimum absolute atomic E-state index is 0.147. The van der Waals surface area contributed by atoms with Gasteiger partial charge in [-0.05, 0) is 42.9 Å². The molecule has 1 aliphatic rings. The molecule has 0 amide bonds. The van der Waals surface area contributed by atoms with E-state index in [9.17, 15) is 8.42 Å². The molecule has 0 fully saturated rings. The second-order valence-corrected chi connectivity index (χ2v) is 8.35. The van der Waals surface area contributed by atoms with Gasteiger partial charge >= 0.3 is 0 Å². The van der Waals surface area contributed by atoms with Crippen molar-refractivity contribution in [1.82, 2.24) is 4.72 Å². The summed E-state index contributed by atoms with van der Waals surface area (Å²) in [6.45, 7) is 8.37. The maximum absolute atomic E-state index is 12.7. The van der Waals surface area contributed by atoms with E-state index in [0.717, 1.165) is 18.4 Å². The molecule has 0 radical (unpaired) electrons. The lowest BCUT2D eigenvalue weighted by Gasteiger charge is -2.29. The fourth-order valence-corrected chi connectivity index (χ4v) is 3.81. The van der Waals surface area contributed by atoms with Gasteiger partial charge < -0.3 is 10.5 Å². The van der Waals surface area contributed by atoms with Crippen LogP contribution in [0, 0.1) is 5.41 Å². The van der Waals surface area contributed by atoms with Crippen LogP contribution in [0.1, 0.15) is 39.7 Å². The summed E-state index contributed by atoms with van der Waals surface area (Å²) in [6.07, 6.45) is 1.67. The van der Waals surface area contributed by atoms with E-state index in [4.69, 9.17) is 10.5 Å². The maximum atomic E-state index is 12.7. The number of hydrogen-bond acceptors (Lipinski definition) is 4. The van der Waals surface area contributed by atoms with Crippen molar-refractivity contribution in [3.05, 3.63) is 17.7 Å². The van der Waals surface area contributed by atoms with Gasteiger partial charge in [0.25, 0.3) is 0 Å². The lowest BCUT2D eigenvalue weighted by Crippen LogP contribution is -2.41. The first-order valence-electron chi connectivity index (χ1n) is 7.19. The SMILES string of the molecule is CC(NS(=O)(=O)c1cc(N)cc2c1OCCC2)C(C)(C)C. The Labute approximate surface area is 126 Å². The monoisotopic (exact) mass is 312 g/mol. The van der Waals surface area contributed by atoms with E-state index < -0.39 is 10.0 Å². The standard InChI is InChI=1S/C15H24N2O3S/c1-10(15(2,3)4)17-21(18,19)13-9-12(16)8-11-6-5-7-20-14(11)13/h8-10,17H,5-7,16H2,1-4H3. The van der Waals surface area contributed by atoms with Gasteiger partial charge in [-0.25, -0.2) is 13.1 Å². The molecule has 1 heterocycles. The van der Waals surface area contributed by atoms with Crippen LogP contribution in [0.5, 0.6) is 5.75 Å². The molecule has 0 spiro atoms. The van der Waals surface area contributed by atoms with Crippen LogP contribution >= 0.6 is 0 Å². The number of aryl methyl sites for hydroxylation is 1. The number of fused-ring (bicyclic) bond motifs is 1. The Morgan fingerprint density at radius 1 is 1.33 bits per heavy atom. The van der Waals surface area contributed by atoms with Crippen molar-refractivity contribution in [3.8, 4) is 5.75 Å². The fraction of sp³-hybridized carbons (Fsp3) is 0.600. The first kappa shape index (κ1) is 16.1. The van der Waals surface area contributed by atoms with Crippen molar-refractivity contribution < 1.29 is 13.2 Å². The molecule has 0 saturated carbocycles. The summed E-state index contributed by atoms with van der Waals surface area (Å²) in [6, 6.07) is 3.06. The minimum Gasteiger partial charge on any atom is -0.492 e. The maximum Gasteiger partial charge on any atom is 0.244 e. The van der Waals surface area contributed by atoms with E-state index in [1.165, 1.54) is 6.07 Å². The first-order chi connectivity index (χ1) is 9.61. The third-order valence-corrected chi connectivity index (χ3v) is 5.46. The van der Waals surface area contributed by atoms with Gasteiger partial charge in [0.15, 0.2) is 0 Å². The molecule has 5 nitrogen and oxygen atoms in total. The van der Waals surface area contributed by atoms with Crippen LogP contribution in [0.3, 0.4) is 0 Å². The van der Waals surface area contributed by atoms with Gasteiger partial charge in [-0.1, -0.05) is 20.8 Å². The molecule has 1 aromatic rings. The number of rotatable bonds is 3. The highest BCUT2D eigenvalue weighted by Crippen LogP contribution is 2.35. The van der Waals surface area contributed by atoms with Crippen LogP contribution in [0.15, 0.2) is 17.0 Å². The second kappa shape index (κ2) is 5.50. The summed E-state index contributed by atoms with van der Waals surface area (Å²) in [7, 11) is -3.66. The van der Waals surface area contributed by atoms with Crippen LogP contribution in [-0.4, -0.2) is 21.1 Å². The Morgan fingerprint density at radius 2 is 2.00 bits per heavy atom. The predicted octanol–water partition coefficient (Wildman–Crippen LogP) is 2.31. The summed E-state index contributed by atoms with van der Waals surface area (Å²) in [5.41, 5.74) is 6.99. The summed E-state index contributed by atoms with van der Waals surface area (Å²) in [4.78, 5) is 0.147. The lowest BCUT2D eigenvalue weighted by molar-refractivity contribution is 0.279. The highest BCUT2D eigenvalue weighted by atomic mass is 32.2. The Balaban J connectivity index is 2.43. The van der Waals surface area contributed by atoms with Gasteiger partial charge in [-0.2, -0.15) is 0 Å². The minimum atomic E-state index is -3.66. The van der Waals surface area contributed by atoms with Crippen molar-refractivity contribution in [3.63, 3.8) is 0 Å². The number of sulfonamides is 1. The number of benzene rings is 1.